The van der Waals surface area contributed by atoms with Crippen LogP contribution in [0.1, 0.15) is 0 Å². The van der Waals surface area contributed by atoms with Crippen LogP contribution in [0.15, 0.2) is 167 Å². The number of fused-ring (bicyclic) bond motifs is 7. The van der Waals surface area contributed by atoms with Crippen molar-refractivity contribution in [2.75, 3.05) is 4.90 Å². The van der Waals surface area contributed by atoms with Crippen molar-refractivity contribution in [3.63, 3.8) is 0 Å². The Morgan fingerprint density at radius 3 is 2.02 bits per heavy atom. The summed E-state index contributed by atoms with van der Waals surface area (Å²) in [6.07, 6.45) is 0. The molecule has 0 atom stereocenters. The molecule has 0 aliphatic rings. The van der Waals surface area contributed by atoms with Gasteiger partial charge in [-0.25, -0.2) is 4.98 Å². The summed E-state index contributed by atoms with van der Waals surface area (Å²) in [6.45, 7) is 0. The van der Waals surface area contributed by atoms with Crippen molar-refractivity contribution in [1.82, 2.24) is 4.98 Å². The molecule has 3 heterocycles. The van der Waals surface area contributed by atoms with Gasteiger partial charge in [0.15, 0.2) is 5.58 Å². The van der Waals surface area contributed by atoms with E-state index in [1.54, 1.807) is 11.3 Å². The van der Waals surface area contributed by atoms with Gasteiger partial charge in [-0.15, -0.1) is 11.3 Å². The SMILES string of the molecule is c1ccc(-c2nc3cc4c(cc3o2)sc2c(-c3ccc(N(c5ccccc5)c5ccc6c(c5)oc5ccccc56)cc3)cccc24)cc1. The first-order chi connectivity index (χ1) is 23.8. The van der Waals surface area contributed by atoms with E-state index in [1.807, 2.05) is 48.5 Å². The molecule has 5 heteroatoms. The molecule has 0 aliphatic carbocycles. The van der Waals surface area contributed by atoms with E-state index >= 15 is 0 Å². The highest BCUT2D eigenvalue weighted by atomic mass is 32.1. The van der Waals surface area contributed by atoms with E-state index in [0.717, 1.165) is 55.7 Å². The lowest BCUT2D eigenvalue weighted by Crippen LogP contribution is -2.09. The number of thiophene rings is 1. The number of rotatable bonds is 5. The summed E-state index contributed by atoms with van der Waals surface area (Å²) >= 11 is 1.80. The Morgan fingerprint density at radius 2 is 1.17 bits per heavy atom. The second-order valence-electron chi connectivity index (χ2n) is 12.0. The summed E-state index contributed by atoms with van der Waals surface area (Å²) < 4.78 is 14.9. The first-order valence-electron chi connectivity index (χ1n) is 15.9. The van der Waals surface area contributed by atoms with E-state index in [4.69, 9.17) is 13.8 Å². The number of anilines is 3. The number of oxazole rings is 1. The highest BCUT2D eigenvalue weighted by Crippen LogP contribution is 2.43. The lowest BCUT2D eigenvalue weighted by atomic mass is 10.0. The fourth-order valence-corrected chi connectivity index (χ4v) is 8.07. The van der Waals surface area contributed by atoms with Gasteiger partial charge < -0.3 is 13.7 Å². The van der Waals surface area contributed by atoms with Gasteiger partial charge in [0.2, 0.25) is 5.89 Å². The summed E-state index contributed by atoms with van der Waals surface area (Å²) in [4.78, 5) is 7.11. The average Bonchev–Trinajstić information content (AvgIpc) is 3.84. The van der Waals surface area contributed by atoms with Gasteiger partial charge in [0.1, 0.15) is 16.7 Å². The number of nitrogens with zero attached hydrogens (tertiary/aromatic N) is 2. The molecule has 0 spiro atoms. The molecule has 226 valence electrons. The molecule has 0 saturated carbocycles. The standard InChI is InChI=1S/C43H26N2O2S/c1-3-10-28(11-4-1)43-44-37-25-36-35-16-9-15-32(42(35)48-41(36)26-40(37)47-43)27-18-20-30(21-19-27)45(29-12-5-2-6-13-29)31-22-23-34-33-14-7-8-17-38(33)46-39(34)24-31/h1-26H. The van der Waals surface area contributed by atoms with E-state index in [0.29, 0.717) is 5.89 Å². The third kappa shape index (κ3) is 4.33. The van der Waals surface area contributed by atoms with Gasteiger partial charge in [-0.3, -0.25) is 0 Å². The maximum Gasteiger partial charge on any atom is 0.227 e. The maximum absolute atomic E-state index is 6.27. The van der Waals surface area contributed by atoms with Gasteiger partial charge in [0.05, 0.1) is 0 Å². The van der Waals surface area contributed by atoms with Crippen LogP contribution in [0.5, 0.6) is 0 Å². The van der Waals surface area contributed by atoms with E-state index < -0.39 is 0 Å². The zero-order chi connectivity index (χ0) is 31.6. The molecule has 7 aromatic carbocycles. The quantitative estimate of drug-likeness (QED) is 0.189. The first-order valence-corrected chi connectivity index (χ1v) is 16.8. The normalized spacial score (nSPS) is 11.8. The Morgan fingerprint density at radius 1 is 0.458 bits per heavy atom. The molecule has 10 aromatic rings. The molecule has 10 rings (SSSR count). The van der Waals surface area contributed by atoms with Gasteiger partial charge in [-0.1, -0.05) is 84.9 Å². The largest absolute Gasteiger partial charge is 0.456 e. The van der Waals surface area contributed by atoms with E-state index in [9.17, 15) is 0 Å². The number of hydrogen-bond acceptors (Lipinski definition) is 5. The van der Waals surface area contributed by atoms with Crippen LogP contribution in [0.2, 0.25) is 0 Å². The fraction of sp³-hybridized carbons (Fsp3) is 0. The smallest absolute Gasteiger partial charge is 0.227 e. The van der Waals surface area contributed by atoms with Crippen molar-refractivity contribution in [3.05, 3.63) is 158 Å². The van der Waals surface area contributed by atoms with Crippen molar-refractivity contribution in [2.24, 2.45) is 0 Å². The van der Waals surface area contributed by atoms with Crippen LogP contribution < -0.4 is 4.90 Å². The predicted octanol–water partition coefficient (Wildman–Crippen LogP) is 12.9. The monoisotopic (exact) mass is 634 g/mol. The molecular formula is C43H26N2O2S. The minimum atomic E-state index is 0.649. The summed E-state index contributed by atoms with van der Waals surface area (Å²) in [5.74, 6) is 0.649. The molecular weight excluding hydrogens is 609 g/mol. The number of furan rings is 1. The summed E-state index contributed by atoms with van der Waals surface area (Å²) in [6, 6.07) is 55.0. The first kappa shape index (κ1) is 27.0. The third-order valence-electron chi connectivity index (χ3n) is 9.10. The lowest BCUT2D eigenvalue weighted by Gasteiger charge is -2.25. The second-order valence-corrected chi connectivity index (χ2v) is 13.0. The topological polar surface area (TPSA) is 42.4 Å². The van der Waals surface area contributed by atoms with Gasteiger partial charge in [-0.2, -0.15) is 0 Å². The minimum absolute atomic E-state index is 0.649. The number of aromatic nitrogens is 1. The minimum Gasteiger partial charge on any atom is -0.456 e. The maximum atomic E-state index is 6.27. The summed E-state index contributed by atoms with van der Waals surface area (Å²) in [7, 11) is 0. The van der Waals surface area contributed by atoms with Crippen LogP contribution in [0.4, 0.5) is 17.1 Å². The highest BCUT2D eigenvalue weighted by Gasteiger charge is 2.18. The molecule has 0 unspecified atom stereocenters. The van der Waals surface area contributed by atoms with Crippen LogP contribution in [-0.2, 0) is 0 Å². The Bertz CT molecular complexity index is 2780. The van der Waals surface area contributed by atoms with Crippen LogP contribution in [0.3, 0.4) is 0 Å². The molecule has 4 nitrogen and oxygen atoms in total. The van der Waals surface area contributed by atoms with Crippen LogP contribution in [-0.4, -0.2) is 4.98 Å². The van der Waals surface area contributed by atoms with Gasteiger partial charge in [0.25, 0.3) is 0 Å². The van der Waals surface area contributed by atoms with Crippen molar-refractivity contribution < 1.29 is 8.83 Å². The molecule has 0 aliphatic heterocycles. The van der Waals surface area contributed by atoms with Gasteiger partial charge in [0, 0.05) is 65.7 Å². The molecule has 0 radical (unpaired) electrons. The van der Waals surface area contributed by atoms with Crippen LogP contribution in [0, 0.1) is 0 Å². The Balaban J connectivity index is 1.05. The molecule has 3 aromatic heterocycles. The lowest BCUT2D eigenvalue weighted by molar-refractivity contribution is 0.620. The average molecular weight is 635 g/mol. The van der Waals surface area contributed by atoms with E-state index in [-0.39, 0.29) is 0 Å². The molecule has 0 saturated heterocycles. The third-order valence-corrected chi connectivity index (χ3v) is 10.3. The number of benzene rings is 7. The Hall–Kier alpha value is -6.17. The van der Waals surface area contributed by atoms with Gasteiger partial charge in [-0.05, 0) is 71.8 Å². The van der Waals surface area contributed by atoms with Crippen molar-refractivity contribution in [3.8, 4) is 22.6 Å². The predicted molar refractivity (Wildman–Crippen MR) is 200 cm³/mol. The number of hydrogen-bond donors (Lipinski definition) is 0. The van der Waals surface area contributed by atoms with Crippen molar-refractivity contribution >= 4 is 81.6 Å². The molecule has 48 heavy (non-hydrogen) atoms. The molecule has 0 bridgehead atoms. The van der Waals surface area contributed by atoms with E-state index in [1.165, 1.54) is 31.3 Å². The molecule has 0 amide bonds. The van der Waals surface area contributed by atoms with Crippen LogP contribution in [0.25, 0.3) is 75.8 Å². The summed E-state index contributed by atoms with van der Waals surface area (Å²) in [5.41, 5.74) is 10.0. The zero-order valence-corrected chi connectivity index (χ0v) is 26.4. The Kier molecular flexibility index (Phi) is 6.01. The fourth-order valence-electron chi connectivity index (χ4n) is 6.82. The Labute approximate surface area is 279 Å². The van der Waals surface area contributed by atoms with Gasteiger partial charge >= 0.3 is 0 Å². The second kappa shape index (κ2) is 10.7. The summed E-state index contributed by atoms with van der Waals surface area (Å²) in [5, 5.41) is 4.68. The zero-order valence-electron chi connectivity index (χ0n) is 25.6. The highest BCUT2D eigenvalue weighted by molar-refractivity contribution is 7.26. The molecule has 0 N–H and O–H groups in total. The van der Waals surface area contributed by atoms with E-state index in [2.05, 4.69) is 114 Å². The molecule has 0 fully saturated rings. The number of para-hydroxylation sites is 2. The van der Waals surface area contributed by atoms with Crippen LogP contribution >= 0.6 is 11.3 Å². The van der Waals surface area contributed by atoms with Crippen molar-refractivity contribution in [2.45, 2.75) is 0 Å². The van der Waals surface area contributed by atoms with Crippen molar-refractivity contribution in [1.29, 1.82) is 0 Å².